The number of methoxy groups -OCH3 is 2. The van der Waals surface area contributed by atoms with Gasteiger partial charge < -0.3 is 14.8 Å². The van der Waals surface area contributed by atoms with E-state index in [0.29, 0.717) is 11.1 Å². The summed E-state index contributed by atoms with van der Waals surface area (Å²) < 4.78 is 9.57. The van der Waals surface area contributed by atoms with Gasteiger partial charge in [-0.25, -0.2) is 9.59 Å². The number of carbonyl (C=O) groups excluding carboxylic acids is 2. The molecule has 0 aliphatic rings. The first-order chi connectivity index (χ1) is 16.6. The van der Waals surface area contributed by atoms with Gasteiger partial charge in [0.15, 0.2) is 0 Å². The van der Waals surface area contributed by atoms with Gasteiger partial charge in [0, 0.05) is 12.2 Å². The fraction of sp³-hybridized carbons (Fsp3) is 0.724. The second-order valence-electron chi connectivity index (χ2n) is 9.37. The molecule has 0 bridgehead atoms. The van der Waals surface area contributed by atoms with Gasteiger partial charge in [0.2, 0.25) is 0 Å². The van der Waals surface area contributed by atoms with E-state index in [4.69, 9.17) is 9.47 Å². The number of unbranched alkanes of at least 4 members (excludes halogenated alkanes) is 16. The normalized spacial score (nSPS) is 10.8. The van der Waals surface area contributed by atoms with Crippen molar-refractivity contribution in [1.82, 2.24) is 0 Å². The number of rotatable bonds is 21. The van der Waals surface area contributed by atoms with Crippen molar-refractivity contribution in [1.29, 1.82) is 0 Å². The van der Waals surface area contributed by atoms with Crippen molar-refractivity contribution >= 4 is 17.6 Å². The second-order valence-corrected chi connectivity index (χ2v) is 9.37. The van der Waals surface area contributed by atoms with E-state index in [-0.39, 0.29) is 0 Å². The Labute approximate surface area is 208 Å². The highest BCUT2D eigenvalue weighted by molar-refractivity contribution is 5.96. The number of ether oxygens (including phenoxy) is 2. The topological polar surface area (TPSA) is 64.6 Å². The molecule has 0 saturated heterocycles. The fourth-order valence-electron chi connectivity index (χ4n) is 4.28. The van der Waals surface area contributed by atoms with Crippen LogP contribution >= 0.6 is 0 Å². The van der Waals surface area contributed by atoms with Crippen molar-refractivity contribution in [3.63, 3.8) is 0 Å². The van der Waals surface area contributed by atoms with Gasteiger partial charge in [-0.05, 0) is 24.6 Å². The fourth-order valence-corrected chi connectivity index (χ4v) is 4.28. The van der Waals surface area contributed by atoms with Crippen molar-refractivity contribution in [2.24, 2.45) is 0 Å². The average molecular weight is 476 g/mol. The maximum Gasteiger partial charge on any atom is 0.337 e. The van der Waals surface area contributed by atoms with Gasteiger partial charge in [0.25, 0.3) is 0 Å². The van der Waals surface area contributed by atoms with Crippen LogP contribution < -0.4 is 5.32 Å². The van der Waals surface area contributed by atoms with E-state index >= 15 is 0 Å². The molecule has 34 heavy (non-hydrogen) atoms. The molecule has 0 unspecified atom stereocenters. The van der Waals surface area contributed by atoms with Crippen LogP contribution in [0, 0.1) is 0 Å². The van der Waals surface area contributed by atoms with Crippen LogP contribution in [0.4, 0.5) is 5.69 Å². The lowest BCUT2D eigenvalue weighted by atomic mass is 10.0. The van der Waals surface area contributed by atoms with E-state index in [2.05, 4.69) is 12.2 Å². The Balaban J connectivity index is 2.03. The molecule has 5 heteroatoms. The van der Waals surface area contributed by atoms with E-state index in [1.165, 1.54) is 123 Å². The van der Waals surface area contributed by atoms with Gasteiger partial charge in [-0.2, -0.15) is 0 Å². The minimum Gasteiger partial charge on any atom is -0.465 e. The molecule has 0 aliphatic carbocycles. The number of carbonyl (C=O) groups is 2. The molecule has 0 aliphatic heterocycles. The van der Waals surface area contributed by atoms with Crippen LogP contribution in [-0.4, -0.2) is 32.7 Å². The molecular formula is C29H49NO4. The lowest BCUT2D eigenvalue weighted by molar-refractivity contribution is 0.0599. The standard InChI is InChI=1S/C29H49NO4/c1-4-5-6-7-8-9-10-11-12-13-14-15-16-17-18-19-20-21-30-27-23-25(28(31)33-2)22-26(24-27)29(32)34-3/h22-24,30H,4-21H2,1-3H3. The van der Waals surface area contributed by atoms with Gasteiger partial charge in [-0.15, -0.1) is 0 Å². The molecule has 0 heterocycles. The maximum atomic E-state index is 11.9. The molecule has 0 radical (unpaired) electrons. The van der Waals surface area contributed by atoms with Crippen LogP contribution in [0.2, 0.25) is 0 Å². The molecule has 0 aromatic heterocycles. The summed E-state index contributed by atoms with van der Waals surface area (Å²) in [6, 6.07) is 4.93. The zero-order valence-electron chi connectivity index (χ0n) is 22.1. The largest absolute Gasteiger partial charge is 0.465 e. The quantitative estimate of drug-likeness (QED) is 0.143. The third-order valence-electron chi connectivity index (χ3n) is 6.38. The highest BCUT2D eigenvalue weighted by Gasteiger charge is 2.13. The molecule has 0 atom stereocenters. The first-order valence-electron chi connectivity index (χ1n) is 13.7. The lowest BCUT2D eigenvalue weighted by Gasteiger charge is -2.10. The minimum atomic E-state index is -0.466. The van der Waals surface area contributed by atoms with Crippen molar-refractivity contribution in [2.75, 3.05) is 26.1 Å². The Morgan fingerprint density at radius 1 is 0.588 bits per heavy atom. The van der Waals surface area contributed by atoms with Crippen LogP contribution in [0.3, 0.4) is 0 Å². The van der Waals surface area contributed by atoms with E-state index in [0.717, 1.165) is 18.7 Å². The van der Waals surface area contributed by atoms with E-state index in [1.54, 1.807) is 12.1 Å². The molecule has 0 amide bonds. The van der Waals surface area contributed by atoms with Crippen molar-refractivity contribution < 1.29 is 19.1 Å². The summed E-state index contributed by atoms with van der Waals surface area (Å²) in [5.74, 6) is -0.932. The predicted octanol–water partition coefficient (Wildman–Crippen LogP) is 8.32. The number of anilines is 1. The molecule has 5 nitrogen and oxygen atoms in total. The van der Waals surface area contributed by atoms with E-state index < -0.39 is 11.9 Å². The van der Waals surface area contributed by atoms with Crippen LogP contribution in [0.25, 0.3) is 0 Å². The summed E-state index contributed by atoms with van der Waals surface area (Å²) in [5, 5.41) is 3.32. The molecule has 1 rings (SSSR count). The number of nitrogens with one attached hydrogen (secondary N) is 1. The third kappa shape index (κ3) is 14.3. The molecule has 0 saturated carbocycles. The van der Waals surface area contributed by atoms with Crippen LogP contribution in [0.1, 0.15) is 137 Å². The van der Waals surface area contributed by atoms with Crippen LogP contribution in [-0.2, 0) is 9.47 Å². The molecule has 1 aromatic rings. The Bertz CT molecular complexity index is 640. The molecule has 1 aromatic carbocycles. The minimum absolute atomic E-state index is 0.343. The molecule has 0 spiro atoms. The monoisotopic (exact) mass is 475 g/mol. The van der Waals surface area contributed by atoms with Crippen LogP contribution in [0.15, 0.2) is 18.2 Å². The SMILES string of the molecule is CCCCCCCCCCCCCCCCCCCNc1cc(C(=O)OC)cc(C(=O)OC)c1. The Kier molecular flexibility index (Phi) is 17.9. The molecular weight excluding hydrogens is 426 g/mol. The predicted molar refractivity (Wildman–Crippen MR) is 142 cm³/mol. The zero-order valence-corrected chi connectivity index (χ0v) is 22.1. The average Bonchev–Trinajstić information content (AvgIpc) is 2.86. The maximum absolute atomic E-state index is 11.9. The number of esters is 2. The number of benzene rings is 1. The summed E-state index contributed by atoms with van der Waals surface area (Å²) in [6.45, 7) is 3.09. The first-order valence-corrected chi connectivity index (χ1v) is 13.7. The van der Waals surface area contributed by atoms with Gasteiger partial charge >= 0.3 is 11.9 Å². The van der Waals surface area contributed by atoms with Gasteiger partial charge in [0.1, 0.15) is 0 Å². The van der Waals surface area contributed by atoms with Gasteiger partial charge in [-0.1, -0.05) is 110 Å². The summed E-state index contributed by atoms with van der Waals surface area (Å²) in [5.41, 5.74) is 1.42. The first kappa shape index (κ1) is 30.0. The van der Waals surface area contributed by atoms with E-state index in [1.807, 2.05) is 0 Å². The van der Waals surface area contributed by atoms with Crippen molar-refractivity contribution in [2.45, 2.75) is 116 Å². The van der Waals surface area contributed by atoms with E-state index in [9.17, 15) is 9.59 Å². The summed E-state index contributed by atoms with van der Waals surface area (Å²) in [4.78, 5) is 23.7. The summed E-state index contributed by atoms with van der Waals surface area (Å²) in [7, 11) is 2.66. The Morgan fingerprint density at radius 2 is 0.941 bits per heavy atom. The third-order valence-corrected chi connectivity index (χ3v) is 6.38. The molecule has 0 fully saturated rings. The highest BCUT2D eigenvalue weighted by atomic mass is 16.5. The zero-order chi connectivity index (χ0) is 24.9. The molecule has 1 N–H and O–H groups in total. The lowest BCUT2D eigenvalue weighted by Crippen LogP contribution is -2.09. The van der Waals surface area contributed by atoms with Crippen molar-refractivity contribution in [3.05, 3.63) is 29.3 Å². The van der Waals surface area contributed by atoms with Gasteiger partial charge in [-0.3, -0.25) is 0 Å². The Hall–Kier alpha value is -2.04. The second kappa shape index (κ2) is 20.3. The number of hydrogen-bond donors (Lipinski definition) is 1. The van der Waals surface area contributed by atoms with Crippen LogP contribution in [0.5, 0.6) is 0 Å². The van der Waals surface area contributed by atoms with Crippen molar-refractivity contribution in [3.8, 4) is 0 Å². The molecule has 194 valence electrons. The summed E-state index contributed by atoms with van der Waals surface area (Å²) in [6.07, 6.45) is 23.0. The number of hydrogen-bond acceptors (Lipinski definition) is 5. The highest BCUT2D eigenvalue weighted by Crippen LogP contribution is 2.18. The summed E-state index contributed by atoms with van der Waals surface area (Å²) >= 11 is 0. The smallest absolute Gasteiger partial charge is 0.337 e. The van der Waals surface area contributed by atoms with Gasteiger partial charge in [0.05, 0.1) is 25.3 Å². The Morgan fingerprint density at radius 3 is 1.29 bits per heavy atom.